The minimum atomic E-state index is -2.35. The first-order valence-electron chi connectivity index (χ1n) is 6.65. The fourth-order valence-corrected chi connectivity index (χ4v) is 3.06. The molecule has 1 heterocycles. The summed E-state index contributed by atoms with van der Waals surface area (Å²) in [5.41, 5.74) is 0.288. The lowest BCUT2D eigenvalue weighted by Crippen LogP contribution is -2.35. The van der Waals surface area contributed by atoms with Gasteiger partial charge in [0.05, 0.1) is 12.7 Å². The summed E-state index contributed by atoms with van der Waals surface area (Å²) in [5.74, 6) is -3.03. The number of rotatable bonds is 5. The fraction of sp³-hybridized carbons (Fsp3) is 1.00. The lowest BCUT2D eigenvalue weighted by molar-refractivity contribution is 0.0194. The average Bonchev–Trinajstić information content (AvgIpc) is 3.00. The van der Waals surface area contributed by atoms with Crippen LogP contribution in [-0.2, 0) is 4.74 Å². The van der Waals surface area contributed by atoms with Crippen LogP contribution < -0.4 is 0 Å². The number of fused-ring (bicyclic) bond motifs is 1. The van der Waals surface area contributed by atoms with Gasteiger partial charge in [-0.15, -0.1) is 0 Å². The van der Waals surface area contributed by atoms with Crippen LogP contribution in [0.15, 0.2) is 0 Å². The Morgan fingerprint density at radius 3 is 2.29 bits per heavy atom. The smallest absolute Gasteiger partial charge is 0.257 e. The van der Waals surface area contributed by atoms with Gasteiger partial charge in [0.25, 0.3) is 5.92 Å². The summed E-state index contributed by atoms with van der Waals surface area (Å²) < 4.78 is 31.8. The lowest BCUT2D eigenvalue weighted by Gasteiger charge is -2.26. The largest absolute Gasteiger partial charge is 0.378 e. The molecule has 2 atom stereocenters. The maximum absolute atomic E-state index is 13.1. The molecule has 2 nitrogen and oxygen atoms in total. The first-order chi connectivity index (χ1) is 7.93. The van der Waals surface area contributed by atoms with Gasteiger partial charge in [-0.1, -0.05) is 0 Å². The Morgan fingerprint density at radius 2 is 1.82 bits per heavy atom. The Balaban J connectivity index is 1.46. The van der Waals surface area contributed by atoms with Crippen LogP contribution in [0.1, 0.15) is 26.7 Å². The van der Waals surface area contributed by atoms with Crippen LogP contribution in [-0.4, -0.2) is 43.2 Å². The van der Waals surface area contributed by atoms with Crippen molar-refractivity contribution in [2.45, 2.75) is 38.7 Å². The molecule has 0 N–H and O–H groups in total. The molecule has 2 unspecified atom stereocenters. The number of alkyl halides is 2. The number of likely N-dealkylation sites (tertiary alicyclic amines) is 1. The Kier molecular flexibility index (Phi) is 2.54. The second kappa shape index (κ2) is 3.64. The predicted molar refractivity (Wildman–Crippen MR) is 61.1 cm³/mol. The molecule has 1 aliphatic heterocycles. The third-order valence-electron chi connectivity index (χ3n) is 4.51. The predicted octanol–water partition coefficient (Wildman–Crippen LogP) is 2.39. The number of piperidine rings is 1. The molecule has 98 valence electrons. The highest BCUT2D eigenvalue weighted by Gasteiger charge is 2.71. The summed E-state index contributed by atoms with van der Waals surface area (Å²) in [5, 5.41) is 0. The topological polar surface area (TPSA) is 12.5 Å². The van der Waals surface area contributed by atoms with Gasteiger partial charge >= 0.3 is 0 Å². The highest BCUT2D eigenvalue weighted by molar-refractivity contribution is 5.13. The first kappa shape index (κ1) is 11.8. The Hall–Kier alpha value is -0.220. The molecular formula is C13H21F2NO. The molecule has 2 aliphatic carbocycles. The van der Waals surface area contributed by atoms with E-state index in [2.05, 4.69) is 4.90 Å². The van der Waals surface area contributed by atoms with Crippen molar-refractivity contribution in [3.05, 3.63) is 0 Å². The molecule has 3 fully saturated rings. The molecule has 3 aliphatic rings. The van der Waals surface area contributed by atoms with E-state index in [4.69, 9.17) is 4.74 Å². The van der Waals surface area contributed by atoms with E-state index >= 15 is 0 Å². The van der Waals surface area contributed by atoms with Crippen molar-refractivity contribution in [1.82, 2.24) is 4.90 Å². The van der Waals surface area contributed by atoms with Gasteiger partial charge in [-0.2, -0.15) is 0 Å². The standard InChI is InChI=1S/C13H21F2NO/c1-9(2)17-8-12(3-4-12)7-16-5-10-11(6-16)13(10,14)15/h9-11H,3-8H2,1-2H3. The third-order valence-corrected chi connectivity index (χ3v) is 4.51. The molecule has 0 amide bonds. The number of hydrogen-bond acceptors (Lipinski definition) is 2. The van der Waals surface area contributed by atoms with Gasteiger partial charge in [-0.05, 0) is 26.7 Å². The molecule has 0 aromatic heterocycles. The highest BCUT2D eigenvalue weighted by Crippen LogP contribution is 2.60. The van der Waals surface area contributed by atoms with Crippen LogP contribution in [0.4, 0.5) is 8.78 Å². The molecule has 1 saturated heterocycles. The van der Waals surface area contributed by atoms with Crippen LogP contribution >= 0.6 is 0 Å². The SMILES string of the molecule is CC(C)OCC1(CN2CC3C(C2)C3(F)F)CC1. The molecule has 0 spiro atoms. The molecule has 0 bridgehead atoms. The molecule has 0 aromatic rings. The van der Waals surface area contributed by atoms with Gasteiger partial charge in [-0.25, -0.2) is 8.78 Å². The van der Waals surface area contributed by atoms with Crippen molar-refractivity contribution in [3.8, 4) is 0 Å². The van der Waals surface area contributed by atoms with Gasteiger partial charge < -0.3 is 9.64 Å². The Morgan fingerprint density at radius 1 is 1.24 bits per heavy atom. The zero-order valence-electron chi connectivity index (χ0n) is 10.6. The number of ether oxygens (including phenoxy) is 1. The Labute approximate surface area is 101 Å². The molecule has 3 rings (SSSR count). The molecule has 17 heavy (non-hydrogen) atoms. The van der Waals surface area contributed by atoms with Gasteiger partial charge in [0.2, 0.25) is 0 Å². The summed E-state index contributed by atoms with van der Waals surface area (Å²) in [7, 11) is 0. The van der Waals surface area contributed by atoms with Gasteiger partial charge in [-0.3, -0.25) is 0 Å². The van der Waals surface area contributed by atoms with E-state index in [0.717, 1.165) is 13.2 Å². The van der Waals surface area contributed by atoms with E-state index in [9.17, 15) is 8.78 Å². The quantitative estimate of drug-likeness (QED) is 0.737. The van der Waals surface area contributed by atoms with E-state index in [0.29, 0.717) is 13.1 Å². The Bertz CT molecular complexity index is 301. The summed E-state index contributed by atoms with van der Waals surface area (Å²) in [6.45, 7) is 7.04. The first-order valence-corrected chi connectivity index (χ1v) is 6.65. The van der Waals surface area contributed by atoms with Crippen LogP contribution in [0.25, 0.3) is 0 Å². The van der Waals surface area contributed by atoms with Crippen LogP contribution in [0.5, 0.6) is 0 Å². The van der Waals surface area contributed by atoms with Crippen LogP contribution in [0, 0.1) is 17.3 Å². The normalized spacial score (nSPS) is 37.2. The van der Waals surface area contributed by atoms with Crippen molar-refractivity contribution in [1.29, 1.82) is 0 Å². The summed E-state index contributed by atoms with van der Waals surface area (Å²) in [6, 6.07) is 0. The van der Waals surface area contributed by atoms with Crippen LogP contribution in [0.3, 0.4) is 0 Å². The number of nitrogens with zero attached hydrogens (tertiary/aromatic N) is 1. The van der Waals surface area contributed by atoms with E-state index < -0.39 is 5.92 Å². The van der Waals surface area contributed by atoms with E-state index in [1.165, 1.54) is 12.8 Å². The van der Waals surface area contributed by atoms with Gasteiger partial charge in [0.15, 0.2) is 0 Å². The van der Waals surface area contributed by atoms with E-state index in [-0.39, 0.29) is 23.4 Å². The van der Waals surface area contributed by atoms with Crippen molar-refractivity contribution in [2.24, 2.45) is 17.3 Å². The van der Waals surface area contributed by atoms with Gasteiger partial charge in [0, 0.05) is 36.9 Å². The van der Waals surface area contributed by atoms with Crippen LogP contribution in [0.2, 0.25) is 0 Å². The third kappa shape index (κ3) is 2.10. The number of halogens is 2. The summed E-state index contributed by atoms with van der Waals surface area (Å²) in [4.78, 5) is 2.23. The van der Waals surface area contributed by atoms with Crippen molar-refractivity contribution < 1.29 is 13.5 Å². The van der Waals surface area contributed by atoms with E-state index in [1.807, 2.05) is 13.8 Å². The maximum atomic E-state index is 13.1. The zero-order valence-corrected chi connectivity index (χ0v) is 10.6. The van der Waals surface area contributed by atoms with Crippen molar-refractivity contribution >= 4 is 0 Å². The van der Waals surface area contributed by atoms with Crippen molar-refractivity contribution in [2.75, 3.05) is 26.2 Å². The lowest BCUT2D eigenvalue weighted by atomic mass is 10.1. The molecular weight excluding hydrogens is 224 g/mol. The average molecular weight is 245 g/mol. The minimum Gasteiger partial charge on any atom is -0.378 e. The zero-order chi connectivity index (χ0) is 12.3. The maximum Gasteiger partial charge on any atom is 0.257 e. The monoisotopic (exact) mass is 245 g/mol. The fourth-order valence-electron chi connectivity index (χ4n) is 3.06. The second-order valence-electron chi connectivity index (χ2n) is 6.44. The highest BCUT2D eigenvalue weighted by atomic mass is 19.3. The molecule has 2 saturated carbocycles. The summed E-state index contributed by atoms with van der Waals surface area (Å²) in [6.07, 6.45) is 2.66. The number of hydrogen-bond donors (Lipinski definition) is 0. The molecule has 0 radical (unpaired) electrons. The minimum absolute atomic E-state index is 0.267. The van der Waals surface area contributed by atoms with Gasteiger partial charge in [0.1, 0.15) is 0 Å². The second-order valence-corrected chi connectivity index (χ2v) is 6.44. The van der Waals surface area contributed by atoms with Crippen molar-refractivity contribution in [3.63, 3.8) is 0 Å². The summed E-state index contributed by atoms with van der Waals surface area (Å²) >= 11 is 0. The van der Waals surface area contributed by atoms with E-state index in [1.54, 1.807) is 0 Å². The molecule has 0 aromatic carbocycles. The molecule has 4 heteroatoms.